The molecule has 43 valence electrons. The van der Waals surface area contributed by atoms with E-state index in [1.165, 1.54) is 0 Å². The van der Waals surface area contributed by atoms with Gasteiger partial charge >= 0.3 is 28.2 Å². The van der Waals surface area contributed by atoms with Crippen molar-refractivity contribution in [3.8, 4) is 0 Å². The quantitative estimate of drug-likeness (QED) is 0.708. The zero-order valence-corrected chi connectivity index (χ0v) is 6.88. The minimum atomic E-state index is 0.333. The van der Waals surface area contributed by atoms with Crippen molar-refractivity contribution in [1.29, 1.82) is 0 Å². The molecule has 0 aromatic heterocycles. The molecule has 0 bridgehead atoms. The van der Waals surface area contributed by atoms with Gasteiger partial charge in [0, 0.05) is 0 Å². The van der Waals surface area contributed by atoms with Gasteiger partial charge in [-0.05, 0) is 6.04 Å². The van der Waals surface area contributed by atoms with E-state index < -0.39 is 0 Å². The molecule has 0 aliphatic carbocycles. The average molecular weight is 290 g/mol. The molecule has 0 aromatic carbocycles. The fraction of sp³-hybridized carbons (Fsp3) is 1.00. The van der Waals surface area contributed by atoms with Gasteiger partial charge in [0.15, 0.2) is 0 Å². The predicted molar refractivity (Wildman–Crippen MR) is 25.2 cm³/mol. The average Bonchev–Trinajstić information content (AvgIpc) is 1.41. The van der Waals surface area contributed by atoms with Gasteiger partial charge in [-0.15, -0.1) is 0 Å². The first-order valence-electron chi connectivity index (χ1n) is 1.61. The summed E-state index contributed by atoms with van der Waals surface area (Å²) in [6.45, 7) is 3.89. The minimum absolute atomic E-state index is 0.333. The Morgan fingerprint density at radius 3 is 1.50 bits per heavy atom. The summed E-state index contributed by atoms with van der Waals surface area (Å²) in [6.07, 6.45) is 0. The number of hydrogen-bond donors (Lipinski definition) is 1. The van der Waals surface area contributed by atoms with Crippen molar-refractivity contribution >= 4 is 9.42 Å². The Balaban J connectivity index is 0. The SMILES string of the molecule is CC(C)N.[Cl][Pt]. The van der Waals surface area contributed by atoms with Crippen LogP contribution in [0.25, 0.3) is 0 Å². The molecule has 0 unspecified atom stereocenters. The Labute approximate surface area is 54.1 Å². The van der Waals surface area contributed by atoms with Crippen LogP contribution in [0.4, 0.5) is 0 Å². The number of halogens is 1. The molecule has 0 saturated carbocycles. The Kier molecular flexibility index (Phi) is 15.6. The van der Waals surface area contributed by atoms with Crippen LogP contribution in [0.2, 0.25) is 0 Å². The van der Waals surface area contributed by atoms with Crippen molar-refractivity contribution in [3.05, 3.63) is 0 Å². The van der Waals surface area contributed by atoms with Crippen molar-refractivity contribution in [3.63, 3.8) is 0 Å². The zero-order valence-electron chi connectivity index (χ0n) is 3.85. The molecule has 0 rings (SSSR count). The third-order valence-corrected chi connectivity index (χ3v) is 0. The van der Waals surface area contributed by atoms with E-state index in [9.17, 15) is 0 Å². The second-order valence-electron chi connectivity index (χ2n) is 1.24. The normalized spacial score (nSPS) is 7.17. The Hall–Kier alpha value is 0.938. The van der Waals surface area contributed by atoms with Gasteiger partial charge in [-0.25, -0.2) is 0 Å². The summed E-state index contributed by atoms with van der Waals surface area (Å²) < 4.78 is 0. The van der Waals surface area contributed by atoms with Crippen LogP contribution in [0, 0.1) is 0 Å². The van der Waals surface area contributed by atoms with E-state index in [4.69, 9.17) is 5.73 Å². The number of rotatable bonds is 0. The van der Waals surface area contributed by atoms with E-state index >= 15 is 0 Å². The molecule has 2 N–H and O–H groups in total. The molecule has 0 atom stereocenters. The Bertz CT molecular complexity index is 15.5. The molecule has 0 heterocycles. The maximum atomic E-state index is 5.11. The molecule has 0 aliphatic rings. The van der Waals surface area contributed by atoms with E-state index in [-0.39, 0.29) is 0 Å². The van der Waals surface area contributed by atoms with Crippen LogP contribution in [0.5, 0.6) is 0 Å². The summed E-state index contributed by atoms with van der Waals surface area (Å²) >= 11 is 1.61. The molecular weight excluding hydrogens is 281 g/mol. The van der Waals surface area contributed by atoms with Crippen LogP contribution in [-0.4, -0.2) is 6.04 Å². The van der Waals surface area contributed by atoms with Crippen molar-refractivity contribution < 1.29 is 18.8 Å². The molecule has 0 spiro atoms. The Morgan fingerprint density at radius 1 is 1.50 bits per heavy atom. The van der Waals surface area contributed by atoms with Gasteiger partial charge in [0.25, 0.3) is 0 Å². The second-order valence-corrected chi connectivity index (χ2v) is 1.24. The van der Waals surface area contributed by atoms with Crippen LogP contribution >= 0.6 is 9.42 Å². The summed E-state index contributed by atoms with van der Waals surface area (Å²) in [6, 6.07) is 0.333. The summed E-state index contributed by atoms with van der Waals surface area (Å²) in [4.78, 5) is 0. The summed E-state index contributed by atoms with van der Waals surface area (Å²) in [5, 5.41) is 0. The van der Waals surface area contributed by atoms with Gasteiger partial charge in [0.1, 0.15) is 0 Å². The van der Waals surface area contributed by atoms with Gasteiger partial charge in [-0.1, -0.05) is 13.8 Å². The Morgan fingerprint density at radius 2 is 1.50 bits per heavy atom. The van der Waals surface area contributed by atoms with E-state index in [1.54, 1.807) is 18.8 Å². The molecule has 1 nitrogen and oxygen atoms in total. The van der Waals surface area contributed by atoms with Crippen LogP contribution in [-0.2, 0) is 18.8 Å². The van der Waals surface area contributed by atoms with Crippen LogP contribution in [0.15, 0.2) is 0 Å². The van der Waals surface area contributed by atoms with E-state index in [0.29, 0.717) is 6.04 Å². The van der Waals surface area contributed by atoms with E-state index in [0.717, 1.165) is 0 Å². The first kappa shape index (κ1) is 10.0. The van der Waals surface area contributed by atoms with Crippen molar-refractivity contribution in [2.24, 2.45) is 5.73 Å². The van der Waals surface area contributed by atoms with Gasteiger partial charge < -0.3 is 5.73 Å². The van der Waals surface area contributed by atoms with E-state index in [2.05, 4.69) is 9.42 Å². The third kappa shape index (κ3) is 87.0. The second kappa shape index (κ2) is 9.34. The fourth-order valence-electron chi connectivity index (χ4n) is 0. The first-order chi connectivity index (χ1) is 2.73. The molecule has 6 heavy (non-hydrogen) atoms. The number of hydrogen-bond acceptors (Lipinski definition) is 1. The predicted octanol–water partition coefficient (Wildman–Crippen LogP) is 1.04. The fourth-order valence-corrected chi connectivity index (χ4v) is 0. The summed E-state index contributed by atoms with van der Waals surface area (Å²) in [5.74, 6) is 0. The van der Waals surface area contributed by atoms with Crippen molar-refractivity contribution in [1.82, 2.24) is 0 Å². The van der Waals surface area contributed by atoms with Gasteiger partial charge in [0.2, 0.25) is 0 Å². The van der Waals surface area contributed by atoms with E-state index in [1.807, 2.05) is 13.8 Å². The first-order valence-corrected chi connectivity index (χ1v) is 4.42. The van der Waals surface area contributed by atoms with Crippen LogP contribution in [0.3, 0.4) is 0 Å². The molecule has 0 amide bonds. The zero-order chi connectivity index (χ0) is 5.58. The molecule has 0 radical (unpaired) electrons. The topological polar surface area (TPSA) is 26.0 Å². The van der Waals surface area contributed by atoms with Gasteiger partial charge in [-0.3, -0.25) is 0 Å². The van der Waals surface area contributed by atoms with Gasteiger partial charge in [-0.2, -0.15) is 0 Å². The van der Waals surface area contributed by atoms with Gasteiger partial charge in [0.05, 0.1) is 0 Å². The molecule has 0 aliphatic heterocycles. The monoisotopic (exact) mass is 289 g/mol. The van der Waals surface area contributed by atoms with Crippen molar-refractivity contribution in [2.75, 3.05) is 0 Å². The maximum absolute atomic E-state index is 5.11. The third-order valence-electron chi connectivity index (χ3n) is 0. The molecule has 3 heteroatoms. The van der Waals surface area contributed by atoms with Crippen LogP contribution in [0.1, 0.15) is 13.8 Å². The van der Waals surface area contributed by atoms with Crippen LogP contribution < -0.4 is 5.73 Å². The van der Waals surface area contributed by atoms with Crippen molar-refractivity contribution in [2.45, 2.75) is 19.9 Å². The molecule has 0 aromatic rings. The molecule has 0 fully saturated rings. The molecular formula is C3H9ClNPt. The summed E-state index contributed by atoms with van der Waals surface area (Å²) in [7, 11) is 4.61. The number of nitrogens with two attached hydrogens (primary N) is 1. The molecule has 0 saturated heterocycles. The standard InChI is InChI=1S/C3H9N.ClH.Pt/c1-3(2)4;;/h3H,4H2,1-2H3;1H;/q;;+1/p-1. The summed E-state index contributed by atoms with van der Waals surface area (Å²) in [5.41, 5.74) is 5.11.